The van der Waals surface area contributed by atoms with Gasteiger partial charge in [-0.1, -0.05) is 12.1 Å². The van der Waals surface area contributed by atoms with Crippen LogP contribution in [-0.2, 0) is 4.79 Å². The molecule has 0 bridgehead atoms. The molecule has 0 saturated heterocycles. The lowest BCUT2D eigenvalue weighted by atomic mass is 9.97. The number of aliphatic hydroxyl groups is 2. The van der Waals surface area contributed by atoms with Gasteiger partial charge < -0.3 is 21.1 Å². The van der Waals surface area contributed by atoms with Crippen molar-refractivity contribution in [1.29, 1.82) is 0 Å². The lowest BCUT2D eigenvalue weighted by Crippen LogP contribution is -2.25. The van der Waals surface area contributed by atoms with Crippen molar-refractivity contribution in [3.8, 4) is 0 Å². The average molecular weight is 253 g/mol. The summed E-state index contributed by atoms with van der Waals surface area (Å²) < 4.78 is 0. The maximum Gasteiger partial charge on any atom is 0.335 e. The number of benzene rings is 1. The predicted molar refractivity (Wildman–Crippen MR) is 62.9 cm³/mol. The Morgan fingerprint density at radius 2 is 1.94 bits per heavy atom. The maximum atomic E-state index is 10.8. The summed E-state index contributed by atoms with van der Waals surface area (Å²) in [5.74, 6) is -1.79. The zero-order chi connectivity index (χ0) is 13.9. The van der Waals surface area contributed by atoms with E-state index >= 15 is 0 Å². The fraction of sp³-hybridized carbons (Fsp3) is 0.333. The Labute approximate surface area is 104 Å². The summed E-state index contributed by atoms with van der Waals surface area (Å²) in [6.07, 6.45) is -2.95. The molecular formula is C12H15NO5. The molecule has 6 nitrogen and oxygen atoms in total. The largest absolute Gasteiger partial charge is 0.478 e. The van der Waals surface area contributed by atoms with Crippen molar-refractivity contribution >= 4 is 11.9 Å². The second kappa shape index (κ2) is 5.61. The predicted octanol–water partition coefficient (Wildman–Crippen LogP) is -0.0371. The molecule has 2 atom stereocenters. The van der Waals surface area contributed by atoms with E-state index in [1.807, 2.05) is 0 Å². The summed E-state index contributed by atoms with van der Waals surface area (Å²) in [4.78, 5) is 21.4. The van der Waals surface area contributed by atoms with Crippen molar-refractivity contribution in [1.82, 2.24) is 0 Å². The Morgan fingerprint density at radius 3 is 2.39 bits per heavy atom. The second-order valence-electron chi connectivity index (χ2n) is 4.06. The number of primary amides is 1. The van der Waals surface area contributed by atoms with Crippen LogP contribution in [0.3, 0.4) is 0 Å². The summed E-state index contributed by atoms with van der Waals surface area (Å²) >= 11 is 0. The third-order valence-corrected chi connectivity index (χ3v) is 2.60. The number of hydrogen-bond donors (Lipinski definition) is 4. The van der Waals surface area contributed by atoms with Crippen LogP contribution < -0.4 is 5.73 Å². The van der Waals surface area contributed by atoms with Crippen molar-refractivity contribution in [2.24, 2.45) is 5.73 Å². The lowest BCUT2D eigenvalue weighted by molar-refractivity contribution is -0.121. The number of nitrogens with two attached hydrogens (primary N) is 1. The molecule has 0 aromatic heterocycles. The van der Waals surface area contributed by atoms with E-state index in [0.29, 0.717) is 11.1 Å². The van der Waals surface area contributed by atoms with Crippen LogP contribution in [-0.4, -0.2) is 33.3 Å². The molecule has 1 rings (SSSR count). The summed E-state index contributed by atoms with van der Waals surface area (Å²) in [7, 11) is 0. The topological polar surface area (TPSA) is 121 Å². The number of carboxylic acids is 1. The van der Waals surface area contributed by atoms with Gasteiger partial charge in [0.2, 0.25) is 5.91 Å². The van der Waals surface area contributed by atoms with Crippen LogP contribution in [0.15, 0.2) is 18.2 Å². The summed E-state index contributed by atoms with van der Waals surface area (Å²) in [5.41, 5.74) is 5.84. The number of carbonyl (C=O) groups excluding carboxylic acids is 1. The van der Waals surface area contributed by atoms with Gasteiger partial charge in [0.25, 0.3) is 0 Å². The van der Waals surface area contributed by atoms with Crippen LogP contribution in [0.1, 0.15) is 34.0 Å². The highest BCUT2D eigenvalue weighted by Gasteiger charge is 2.21. The Morgan fingerprint density at radius 1 is 1.33 bits per heavy atom. The molecule has 18 heavy (non-hydrogen) atoms. The molecule has 0 spiro atoms. The van der Waals surface area contributed by atoms with Gasteiger partial charge in [-0.3, -0.25) is 4.79 Å². The summed E-state index contributed by atoms with van der Waals surface area (Å²) in [6, 6.07) is 4.19. The number of carbonyl (C=O) groups is 2. The molecule has 6 heteroatoms. The SMILES string of the molecule is Cc1cc(C(O)C(O)CC(N)=O)ccc1C(=O)O. The minimum atomic E-state index is -1.31. The third-order valence-electron chi connectivity index (χ3n) is 2.60. The summed E-state index contributed by atoms with van der Waals surface area (Å²) in [5, 5.41) is 28.2. The normalized spacial score (nSPS) is 13.9. The molecule has 0 heterocycles. The van der Waals surface area contributed by atoms with Gasteiger partial charge in [-0.05, 0) is 24.1 Å². The highest BCUT2D eigenvalue weighted by atomic mass is 16.4. The molecule has 0 aliphatic carbocycles. The summed E-state index contributed by atoms with van der Waals surface area (Å²) in [6.45, 7) is 1.58. The number of hydrogen-bond acceptors (Lipinski definition) is 4. The molecule has 98 valence electrons. The molecule has 1 aromatic rings. The average Bonchev–Trinajstić information content (AvgIpc) is 2.26. The molecule has 5 N–H and O–H groups in total. The number of rotatable bonds is 5. The number of aromatic carboxylic acids is 1. The van der Waals surface area contributed by atoms with Gasteiger partial charge in [0.1, 0.15) is 6.10 Å². The van der Waals surface area contributed by atoms with Gasteiger partial charge in [-0.25, -0.2) is 4.79 Å². The van der Waals surface area contributed by atoms with E-state index in [-0.39, 0.29) is 12.0 Å². The minimum absolute atomic E-state index is 0.121. The quantitative estimate of drug-likeness (QED) is 0.587. The molecule has 1 aromatic carbocycles. The van der Waals surface area contributed by atoms with E-state index in [2.05, 4.69) is 0 Å². The Hall–Kier alpha value is -1.92. The van der Waals surface area contributed by atoms with Gasteiger partial charge in [0.15, 0.2) is 0 Å². The Bertz CT molecular complexity index is 472. The van der Waals surface area contributed by atoms with E-state index in [9.17, 15) is 19.8 Å². The van der Waals surface area contributed by atoms with Crippen LogP contribution in [0.25, 0.3) is 0 Å². The fourth-order valence-corrected chi connectivity index (χ4v) is 1.65. The highest BCUT2D eigenvalue weighted by molar-refractivity contribution is 5.89. The van der Waals surface area contributed by atoms with Gasteiger partial charge >= 0.3 is 5.97 Å². The molecule has 0 radical (unpaired) electrons. The maximum absolute atomic E-state index is 10.8. The first kappa shape index (κ1) is 14.1. The molecular weight excluding hydrogens is 238 g/mol. The van der Waals surface area contributed by atoms with Crippen molar-refractivity contribution in [2.45, 2.75) is 25.6 Å². The Balaban J connectivity index is 2.93. The molecule has 0 aliphatic rings. The number of aryl methyl sites for hydroxylation is 1. The van der Waals surface area contributed by atoms with Crippen molar-refractivity contribution < 1.29 is 24.9 Å². The van der Waals surface area contributed by atoms with Gasteiger partial charge in [-0.15, -0.1) is 0 Å². The molecule has 2 unspecified atom stereocenters. The van der Waals surface area contributed by atoms with Crippen LogP contribution in [0, 0.1) is 6.92 Å². The van der Waals surface area contributed by atoms with E-state index in [1.54, 1.807) is 6.92 Å². The number of carboxylic acid groups (broad SMARTS) is 1. The first-order valence-electron chi connectivity index (χ1n) is 5.31. The van der Waals surface area contributed by atoms with Crippen LogP contribution in [0.4, 0.5) is 0 Å². The van der Waals surface area contributed by atoms with Crippen molar-refractivity contribution in [3.05, 3.63) is 34.9 Å². The standard InChI is InChI=1S/C12H15NO5/c1-6-4-7(2-3-8(6)12(17)18)11(16)9(14)5-10(13)15/h2-4,9,11,14,16H,5H2,1H3,(H2,13,15)(H,17,18). The van der Waals surface area contributed by atoms with Crippen molar-refractivity contribution in [2.75, 3.05) is 0 Å². The van der Waals surface area contributed by atoms with Crippen LogP contribution >= 0.6 is 0 Å². The van der Waals surface area contributed by atoms with E-state index in [4.69, 9.17) is 10.8 Å². The van der Waals surface area contributed by atoms with Gasteiger partial charge in [0, 0.05) is 0 Å². The zero-order valence-corrected chi connectivity index (χ0v) is 9.83. The first-order chi connectivity index (χ1) is 8.32. The van der Waals surface area contributed by atoms with Gasteiger partial charge in [-0.2, -0.15) is 0 Å². The van der Waals surface area contributed by atoms with E-state index in [0.717, 1.165) is 0 Å². The van der Waals surface area contributed by atoms with Crippen LogP contribution in [0.5, 0.6) is 0 Å². The number of amides is 1. The van der Waals surface area contributed by atoms with E-state index in [1.165, 1.54) is 18.2 Å². The molecule has 0 aliphatic heterocycles. The monoisotopic (exact) mass is 253 g/mol. The number of aliphatic hydroxyl groups excluding tert-OH is 2. The van der Waals surface area contributed by atoms with Gasteiger partial charge in [0.05, 0.1) is 18.1 Å². The smallest absolute Gasteiger partial charge is 0.335 e. The van der Waals surface area contributed by atoms with E-state index < -0.39 is 24.1 Å². The lowest BCUT2D eigenvalue weighted by Gasteiger charge is -2.17. The second-order valence-corrected chi connectivity index (χ2v) is 4.06. The molecule has 0 saturated carbocycles. The Kier molecular flexibility index (Phi) is 4.41. The third kappa shape index (κ3) is 3.28. The molecule has 1 amide bonds. The van der Waals surface area contributed by atoms with Crippen LogP contribution in [0.2, 0.25) is 0 Å². The first-order valence-corrected chi connectivity index (χ1v) is 5.31. The fourth-order valence-electron chi connectivity index (χ4n) is 1.65. The van der Waals surface area contributed by atoms with Crippen molar-refractivity contribution in [3.63, 3.8) is 0 Å². The minimum Gasteiger partial charge on any atom is -0.478 e. The highest BCUT2D eigenvalue weighted by Crippen LogP contribution is 2.21. The molecule has 0 fully saturated rings. The zero-order valence-electron chi connectivity index (χ0n) is 9.83.